The number of aryl methyl sites for hydroxylation is 2. The second kappa shape index (κ2) is 8.35. The van der Waals surface area contributed by atoms with Crippen LogP contribution in [0.2, 0.25) is 0 Å². The number of thiophene rings is 1. The molecule has 4 heterocycles. The van der Waals surface area contributed by atoms with E-state index in [1.807, 2.05) is 39.0 Å². The van der Waals surface area contributed by atoms with Gasteiger partial charge < -0.3 is 14.5 Å². The van der Waals surface area contributed by atoms with Crippen molar-refractivity contribution < 1.29 is 18.7 Å². The number of hydrogen-bond acceptors (Lipinski definition) is 7. The average molecular weight is 439 g/mol. The van der Waals surface area contributed by atoms with E-state index in [0.29, 0.717) is 28.4 Å². The van der Waals surface area contributed by atoms with Crippen LogP contribution in [0.25, 0.3) is 22.4 Å². The molecule has 0 atom stereocenters. The van der Waals surface area contributed by atoms with Crippen molar-refractivity contribution in [3.63, 3.8) is 0 Å². The molecule has 0 spiro atoms. The molecule has 0 aliphatic carbocycles. The number of esters is 1. The summed E-state index contributed by atoms with van der Waals surface area (Å²) in [5.74, 6) is -0.0475. The van der Waals surface area contributed by atoms with Crippen molar-refractivity contribution in [2.75, 3.05) is 12.4 Å². The third kappa shape index (κ3) is 3.72. The molecule has 0 fully saturated rings. The van der Waals surface area contributed by atoms with E-state index in [0.717, 1.165) is 27.1 Å². The van der Waals surface area contributed by atoms with Crippen LogP contribution in [-0.4, -0.2) is 33.8 Å². The monoisotopic (exact) mass is 438 g/mol. The minimum Gasteiger partial charge on any atom is -0.465 e. The molecule has 4 rings (SSSR count). The van der Waals surface area contributed by atoms with Crippen LogP contribution in [0, 0.1) is 13.8 Å². The Morgan fingerprint density at radius 2 is 2.10 bits per heavy atom. The standard InChI is InChI=1S/C22H22N4O4S/c1-5-14-13(3)31-21(19(14)22(28)29-4)24-17(27)11-26-20-18(12(2)25-26)15(8-9-23-20)16-7-6-10-30-16/h6-10H,5,11H2,1-4H3,(H,24,27). The zero-order valence-electron chi connectivity index (χ0n) is 17.7. The number of aromatic nitrogens is 3. The van der Waals surface area contributed by atoms with Gasteiger partial charge in [-0.05, 0) is 44.0 Å². The SMILES string of the molecule is CCc1c(C)sc(NC(=O)Cn2nc(C)c3c(-c4ccco4)ccnc32)c1C(=O)OC. The van der Waals surface area contributed by atoms with Gasteiger partial charge in [-0.3, -0.25) is 4.79 Å². The summed E-state index contributed by atoms with van der Waals surface area (Å²) in [6.07, 6.45) is 3.95. The van der Waals surface area contributed by atoms with Gasteiger partial charge in [-0.2, -0.15) is 5.10 Å². The van der Waals surface area contributed by atoms with E-state index in [2.05, 4.69) is 15.4 Å². The molecule has 9 heteroatoms. The Labute approximate surface area is 182 Å². The zero-order valence-corrected chi connectivity index (χ0v) is 18.5. The van der Waals surface area contributed by atoms with Crippen LogP contribution >= 0.6 is 11.3 Å². The lowest BCUT2D eigenvalue weighted by Gasteiger charge is -2.07. The fourth-order valence-corrected chi connectivity index (χ4v) is 4.89. The Kier molecular flexibility index (Phi) is 5.60. The topological polar surface area (TPSA) is 99.3 Å². The van der Waals surface area contributed by atoms with Crippen molar-refractivity contribution in [3.05, 3.63) is 52.4 Å². The molecule has 160 valence electrons. The van der Waals surface area contributed by atoms with Crippen LogP contribution in [0.3, 0.4) is 0 Å². The highest BCUT2D eigenvalue weighted by Crippen LogP contribution is 2.34. The lowest BCUT2D eigenvalue weighted by molar-refractivity contribution is -0.116. The Morgan fingerprint density at radius 3 is 2.77 bits per heavy atom. The number of anilines is 1. The first-order valence-corrected chi connectivity index (χ1v) is 10.6. The fourth-order valence-electron chi connectivity index (χ4n) is 3.74. The number of carbonyl (C=O) groups excluding carboxylic acids is 2. The molecule has 31 heavy (non-hydrogen) atoms. The van der Waals surface area contributed by atoms with Gasteiger partial charge in [0, 0.05) is 16.6 Å². The summed E-state index contributed by atoms with van der Waals surface area (Å²) >= 11 is 1.37. The quantitative estimate of drug-likeness (QED) is 0.449. The second-order valence-electron chi connectivity index (χ2n) is 7.01. The Hall–Kier alpha value is -3.46. The largest absolute Gasteiger partial charge is 0.465 e. The third-order valence-corrected chi connectivity index (χ3v) is 6.16. The molecule has 0 radical (unpaired) electrons. The fraction of sp³-hybridized carbons (Fsp3) is 0.273. The first-order chi connectivity index (χ1) is 14.9. The normalized spacial score (nSPS) is 11.1. The van der Waals surface area contributed by atoms with Gasteiger partial charge >= 0.3 is 5.97 Å². The average Bonchev–Trinajstić information content (AvgIpc) is 3.46. The van der Waals surface area contributed by atoms with E-state index in [4.69, 9.17) is 9.15 Å². The number of carbonyl (C=O) groups is 2. The van der Waals surface area contributed by atoms with Crippen molar-refractivity contribution in [2.45, 2.75) is 33.7 Å². The van der Waals surface area contributed by atoms with Gasteiger partial charge in [0.05, 0.1) is 30.0 Å². The molecule has 8 nitrogen and oxygen atoms in total. The van der Waals surface area contributed by atoms with E-state index < -0.39 is 5.97 Å². The molecule has 1 amide bonds. The summed E-state index contributed by atoms with van der Waals surface area (Å²) in [5.41, 5.74) is 3.51. The smallest absolute Gasteiger partial charge is 0.341 e. The lowest BCUT2D eigenvalue weighted by Crippen LogP contribution is -2.20. The highest BCUT2D eigenvalue weighted by atomic mass is 32.1. The molecule has 0 unspecified atom stereocenters. The second-order valence-corrected chi connectivity index (χ2v) is 8.24. The molecule has 4 aromatic rings. The number of furan rings is 1. The van der Waals surface area contributed by atoms with Crippen LogP contribution in [-0.2, 0) is 22.5 Å². The molecule has 0 aromatic carbocycles. The molecule has 0 aliphatic heterocycles. The van der Waals surface area contributed by atoms with Gasteiger partial charge in [0.15, 0.2) is 5.65 Å². The predicted molar refractivity (Wildman–Crippen MR) is 118 cm³/mol. The van der Waals surface area contributed by atoms with Crippen molar-refractivity contribution in [2.24, 2.45) is 0 Å². The highest BCUT2D eigenvalue weighted by Gasteiger charge is 2.24. The summed E-state index contributed by atoms with van der Waals surface area (Å²) in [5, 5.41) is 8.70. The van der Waals surface area contributed by atoms with E-state index in [9.17, 15) is 9.59 Å². The molecule has 0 aliphatic rings. The summed E-state index contributed by atoms with van der Waals surface area (Å²) in [6, 6.07) is 5.56. The van der Waals surface area contributed by atoms with Gasteiger partial charge in [0.25, 0.3) is 0 Å². The van der Waals surface area contributed by atoms with Gasteiger partial charge in [0.2, 0.25) is 5.91 Å². The minimum absolute atomic E-state index is 0.0437. The van der Waals surface area contributed by atoms with Crippen molar-refractivity contribution in [1.29, 1.82) is 0 Å². The number of hydrogen-bond donors (Lipinski definition) is 1. The summed E-state index contributed by atoms with van der Waals surface area (Å²) in [4.78, 5) is 30.6. The van der Waals surface area contributed by atoms with Crippen molar-refractivity contribution in [3.8, 4) is 11.3 Å². The van der Waals surface area contributed by atoms with Gasteiger partial charge in [-0.15, -0.1) is 11.3 Å². The van der Waals surface area contributed by atoms with Gasteiger partial charge in [0.1, 0.15) is 17.3 Å². The van der Waals surface area contributed by atoms with Crippen LogP contribution in [0.1, 0.15) is 33.4 Å². The molecule has 4 aromatic heterocycles. The predicted octanol–water partition coefficient (Wildman–Crippen LogP) is 4.36. The molecule has 0 saturated heterocycles. The maximum absolute atomic E-state index is 12.9. The van der Waals surface area contributed by atoms with Crippen LogP contribution in [0.5, 0.6) is 0 Å². The first-order valence-electron chi connectivity index (χ1n) is 9.81. The Bertz CT molecular complexity index is 1270. The van der Waals surface area contributed by atoms with E-state index in [1.165, 1.54) is 18.4 Å². The molecule has 0 bridgehead atoms. The van der Waals surface area contributed by atoms with Crippen LogP contribution < -0.4 is 5.32 Å². The van der Waals surface area contributed by atoms with E-state index in [1.54, 1.807) is 17.1 Å². The number of amides is 1. The molecular weight excluding hydrogens is 416 g/mol. The molecule has 0 saturated carbocycles. The highest BCUT2D eigenvalue weighted by molar-refractivity contribution is 7.16. The molecule has 1 N–H and O–H groups in total. The number of ether oxygens (including phenoxy) is 1. The maximum Gasteiger partial charge on any atom is 0.341 e. The number of fused-ring (bicyclic) bond motifs is 1. The number of nitrogens with one attached hydrogen (secondary N) is 1. The summed E-state index contributed by atoms with van der Waals surface area (Å²) < 4.78 is 12.0. The summed E-state index contributed by atoms with van der Waals surface area (Å²) in [7, 11) is 1.33. The Balaban J connectivity index is 1.65. The number of nitrogens with zero attached hydrogens (tertiary/aromatic N) is 3. The van der Waals surface area contributed by atoms with E-state index in [-0.39, 0.29) is 12.5 Å². The van der Waals surface area contributed by atoms with Crippen molar-refractivity contribution >= 4 is 39.2 Å². The molecular formula is C22H22N4O4S. The third-order valence-electron chi connectivity index (χ3n) is 5.09. The minimum atomic E-state index is -0.457. The van der Waals surface area contributed by atoms with E-state index >= 15 is 0 Å². The zero-order chi connectivity index (χ0) is 22.1. The number of pyridine rings is 1. The lowest BCUT2D eigenvalue weighted by atomic mass is 10.1. The number of methoxy groups -OCH3 is 1. The van der Waals surface area contributed by atoms with Gasteiger partial charge in [-0.1, -0.05) is 6.92 Å². The van der Waals surface area contributed by atoms with Gasteiger partial charge in [-0.25, -0.2) is 14.5 Å². The maximum atomic E-state index is 12.9. The first kappa shape index (κ1) is 20.8. The summed E-state index contributed by atoms with van der Waals surface area (Å²) in [6.45, 7) is 5.72. The van der Waals surface area contributed by atoms with Crippen molar-refractivity contribution in [1.82, 2.24) is 14.8 Å². The van der Waals surface area contributed by atoms with Crippen LogP contribution in [0.15, 0.2) is 35.1 Å². The number of rotatable bonds is 6. The van der Waals surface area contributed by atoms with Crippen LogP contribution in [0.4, 0.5) is 5.00 Å². The Morgan fingerprint density at radius 1 is 1.29 bits per heavy atom.